The fraction of sp³-hybridized carbons (Fsp3) is 0.647. The van der Waals surface area contributed by atoms with Crippen molar-refractivity contribution in [2.75, 3.05) is 13.6 Å². The smallest absolute Gasteiger partial charge is 0.0406 e. The Morgan fingerprint density at radius 1 is 1.30 bits per heavy atom. The maximum atomic E-state index is 5.93. The van der Waals surface area contributed by atoms with Gasteiger partial charge in [-0.15, -0.1) is 0 Å². The average Bonchev–Trinajstić information content (AvgIpc) is 2.39. The number of piperidine rings is 1. The first-order valence-electron chi connectivity index (χ1n) is 7.66. The van der Waals surface area contributed by atoms with Crippen LogP contribution in [0.3, 0.4) is 0 Å². The Hall–Kier alpha value is -0.570. The van der Waals surface area contributed by atoms with Gasteiger partial charge in [-0.3, -0.25) is 0 Å². The Balaban J connectivity index is 1.87. The summed E-state index contributed by atoms with van der Waals surface area (Å²) in [6.07, 6.45) is 2.30. The van der Waals surface area contributed by atoms with Crippen molar-refractivity contribution < 1.29 is 0 Å². The molecule has 0 radical (unpaired) electrons. The largest absolute Gasteiger partial charge is 0.311 e. The quantitative estimate of drug-likeness (QED) is 0.913. The van der Waals surface area contributed by atoms with Gasteiger partial charge in [-0.05, 0) is 57.4 Å². The lowest BCUT2D eigenvalue weighted by molar-refractivity contribution is 0.116. The van der Waals surface area contributed by atoms with Gasteiger partial charge in [-0.25, -0.2) is 0 Å². The maximum absolute atomic E-state index is 5.93. The van der Waals surface area contributed by atoms with E-state index in [1.165, 1.54) is 18.5 Å². The zero-order valence-corrected chi connectivity index (χ0v) is 13.8. The van der Waals surface area contributed by atoms with E-state index < -0.39 is 0 Å². The van der Waals surface area contributed by atoms with Gasteiger partial charge in [0.1, 0.15) is 0 Å². The summed E-state index contributed by atoms with van der Waals surface area (Å²) >= 11 is 5.93. The Morgan fingerprint density at radius 2 is 1.95 bits per heavy atom. The molecule has 4 unspecified atom stereocenters. The van der Waals surface area contributed by atoms with Crippen molar-refractivity contribution in [3.05, 3.63) is 34.9 Å². The van der Waals surface area contributed by atoms with Crippen molar-refractivity contribution in [3.8, 4) is 0 Å². The second-order valence-corrected chi connectivity index (χ2v) is 6.94. The van der Waals surface area contributed by atoms with Gasteiger partial charge < -0.3 is 10.2 Å². The topological polar surface area (TPSA) is 15.3 Å². The molecule has 1 aromatic rings. The standard InChI is InChI=1S/C17H27ClN2/c1-12-11-20(4)14(3)10-17(12)19-13(2)9-15-5-7-16(18)8-6-15/h5-8,12-14,17,19H,9-11H2,1-4H3. The van der Waals surface area contributed by atoms with Crippen molar-refractivity contribution in [2.24, 2.45) is 5.92 Å². The van der Waals surface area contributed by atoms with Crippen LogP contribution < -0.4 is 5.32 Å². The maximum Gasteiger partial charge on any atom is 0.0406 e. The number of likely N-dealkylation sites (tertiary alicyclic amines) is 1. The molecule has 1 aliphatic rings. The van der Waals surface area contributed by atoms with Crippen molar-refractivity contribution >= 4 is 11.6 Å². The molecule has 0 aliphatic carbocycles. The van der Waals surface area contributed by atoms with Gasteiger partial charge in [-0.1, -0.05) is 30.7 Å². The van der Waals surface area contributed by atoms with Gasteiger partial charge in [0, 0.05) is 29.7 Å². The molecule has 1 fully saturated rings. The van der Waals surface area contributed by atoms with Gasteiger partial charge in [-0.2, -0.15) is 0 Å². The second-order valence-electron chi connectivity index (χ2n) is 6.51. The Kier molecular flexibility index (Phi) is 5.48. The summed E-state index contributed by atoms with van der Waals surface area (Å²) in [5.41, 5.74) is 1.35. The Morgan fingerprint density at radius 3 is 2.60 bits per heavy atom. The lowest BCUT2D eigenvalue weighted by Crippen LogP contribution is -2.53. The van der Waals surface area contributed by atoms with Crippen LogP contribution in [0.15, 0.2) is 24.3 Å². The predicted octanol–water partition coefficient (Wildman–Crippen LogP) is 3.59. The van der Waals surface area contributed by atoms with E-state index in [1.54, 1.807) is 0 Å². The minimum atomic E-state index is 0.499. The van der Waals surface area contributed by atoms with E-state index in [4.69, 9.17) is 11.6 Å². The van der Waals surface area contributed by atoms with Crippen molar-refractivity contribution in [3.63, 3.8) is 0 Å². The fourth-order valence-corrected chi connectivity index (χ4v) is 3.30. The van der Waals surface area contributed by atoms with Crippen LogP contribution in [0.1, 0.15) is 32.8 Å². The molecule has 2 rings (SSSR count). The van der Waals surface area contributed by atoms with Crippen LogP contribution >= 0.6 is 11.6 Å². The number of nitrogens with zero attached hydrogens (tertiary/aromatic N) is 1. The number of benzene rings is 1. The molecule has 2 nitrogen and oxygen atoms in total. The van der Waals surface area contributed by atoms with Crippen LogP contribution in [0.5, 0.6) is 0 Å². The SMILES string of the molecule is CC(Cc1ccc(Cl)cc1)NC1CC(C)N(C)CC1C. The van der Waals surface area contributed by atoms with Gasteiger partial charge in [0.15, 0.2) is 0 Å². The highest BCUT2D eigenvalue weighted by Crippen LogP contribution is 2.21. The summed E-state index contributed by atoms with van der Waals surface area (Å²) in [6.45, 7) is 8.15. The first-order chi connectivity index (χ1) is 9.45. The third kappa shape index (κ3) is 4.21. The van der Waals surface area contributed by atoms with Crippen LogP contribution in [0.25, 0.3) is 0 Å². The molecule has 3 heteroatoms. The molecule has 112 valence electrons. The molecule has 1 saturated heterocycles. The number of rotatable bonds is 4. The van der Waals surface area contributed by atoms with E-state index in [9.17, 15) is 0 Å². The Labute approximate surface area is 128 Å². The molecule has 0 aromatic heterocycles. The molecule has 0 bridgehead atoms. The lowest BCUT2D eigenvalue weighted by atomic mass is 9.89. The van der Waals surface area contributed by atoms with E-state index in [2.05, 4.69) is 50.2 Å². The highest BCUT2D eigenvalue weighted by Gasteiger charge is 2.29. The van der Waals surface area contributed by atoms with Crippen LogP contribution in [0, 0.1) is 5.92 Å². The van der Waals surface area contributed by atoms with Crippen molar-refractivity contribution in [2.45, 2.75) is 51.7 Å². The first-order valence-corrected chi connectivity index (χ1v) is 8.04. The molecular formula is C17H27ClN2. The van der Waals surface area contributed by atoms with Crippen LogP contribution in [-0.2, 0) is 6.42 Å². The summed E-state index contributed by atoms with van der Waals surface area (Å²) in [4.78, 5) is 2.46. The number of halogens is 1. The zero-order chi connectivity index (χ0) is 14.7. The summed E-state index contributed by atoms with van der Waals surface area (Å²) in [7, 11) is 2.23. The predicted molar refractivity (Wildman–Crippen MR) is 87.4 cm³/mol. The van der Waals surface area contributed by atoms with Gasteiger partial charge >= 0.3 is 0 Å². The summed E-state index contributed by atoms with van der Waals surface area (Å²) in [5, 5.41) is 4.64. The van der Waals surface area contributed by atoms with Gasteiger partial charge in [0.25, 0.3) is 0 Å². The summed E-state index contributed by atoms with van der Waals surface area (Å²) in [6, 6.07) is 10.0. The fourth-order valence-electron chi connectivity index (χ4n) is 3.17. The molecule has 1 N–H and O–H groups in total. The van der Waals surface area contributed by atoms with Crippen LogP contribution in [0.4, 0.5) is 0 Å². The molecule has 1 aliphatic heterocycles. The monoisotopic (exact) mass is 294 g/mol. The molecule has 1 aromatic carbocycles. The number of hydrogen-bond acceptors (Lipinski definition) is 2. The minimum absolute atomic E-state index is 0.499. The third-order valence-corrected chi connectivity index (χ3v) is 4.82. The van der Waals surface area contributed by atoms with Crippen LogP contribution in [-0.4, -0.2) is 36.6 Å². The third-order valence-electron chi connectivity index (χ3n) is 4.56. The van der Waals surface area contributed by atoms with E-state index in [0.717, 1.165) is 11.4 Å². The normalized spacial score (nSPS) is 29.4. The Bertz CT molecular complexity index is 418. The van der Waals surface area contributed by atoms with Gasteiger partial charge in [0.2, 0.25) is 0 Å². The molecular weight excluding hydrogens is 268 g/mol. The average molecular weight is 295 g/mol. The lowest BCUT2D eigenvalue weighted by Gasteiger charge is -2.41. The molecule has 4 atom stereocenters. The molecule has 0 saturated carbocycles. The van der Waals surface area contributed by atoms with E-state index in [1.807, 2.05) is 12.1 Å². The zero-order valence-electron chi connectivity index (χ0n) is 13.1. The van der Waals surface area contributed by atoms with Gasteiger partial charge in [0.05, 0.1) is 0 Å². The van der Waals surface area contributed by atoms with E-state index >= 15 is 0 Å². The van der Waals surface area contributed by atoms with E-state index in [-0.39, 0.29) is 0 Å². The first kappa shape index (κ1) is 15.8. The van der Waals surface area contributed by atoms with Crippen molar-refractivity contribution in [1.29, 1.82) is 0 Å². The summed E-state index contributed by atoms with van der Waals surface area (Å²) in [5.74, 6) is 0.712. The van der Waals surface area contributed by atoms with Crippen molar-refractivity contribution in [1.82, 2.24) is 10.2 Å². The minimum Gasteiger partial charge on any atom is -0.311 e. The second kappa shape index (κ2) is 6.93. The number of nitrogens with one attached hydrogen (secondary N) is 1. The van der Waals surface area contributed by atoms with E-state index in [0.29, 0.717) is 24.0 Å². The number of hydrogen-bond donors (Lipinski definition) is 1. The summed E-state index contributed by atoms with van der Waals surface area (Å²) < 4.78 is 0. The highest BCUT2D eigenvalue weighted by atomic mass is 35.5. The molecule has 1 heterocycles. The molecule has 0 amide bonds. The molecule has 20 heavy (non-hydrogen) atoms. The highest BCUT2D eigenvalue weighted by molar-refractivity contribution is 6.30. The van der Waals surface area contributed by atoms with Crippen LogP contribution in [0.2, 0.25) is 5.02 Å². The molecule has 0 spiro atoms.